The summed E-state index contributed by atoms with van der Waals surface area (Å²) in [5, 5.41) is 2.89. The number of carbonyl (C=O) groups is 1. The molecule has 0 saturated heterocycles. The van der Waals surface area contributed by atoms with Gasteiger partial charge in [-0.25, -0.2) is 0 Å². The highest BCUT2D eigenvalue weighted by Crippen LogP contribution is 2.20. The first-order valence-electron chi connectivity index (χ1n) is 6.89. The monoisotopic (exact) mass is 395 g/mol. The number of hydrogen-bond acceptors (Lipinski definition) is 2. The molecule has 2 rings (SSSR count). The number of carbonyl (C=O) groups excluding carboxylic acids is 1. The summed E-state index contributed by atoms with van der Waals surface area (Å²) in [5.74, 6) is 0.629. The van der Waals surface area contributed by atoms with Gasteiger partial charge in [0.25, 0.3) is 5.91 Å². The van der Waals surface area contributed by atoms with Crippen molar-refractivity contribution in [2.24, 2.45) is 0 Å². The third kappa shape index (κ3) is 4.46. The Labute approximate surface area is 138 Å². The van der Waals surface area contributed by atoms with E-state index in [0.717, 1.165) is 20.6 Å². The van der Waals surface area contributed by atoms with Gasteiger partial charge in [0.05, 0.1) is 0 Å². The van der Waals surface area contributed by atoms with Gasteiger partial charge in [-0.1, -0.05) is 25.1 Å². The highest BCUT2D eigenvalue weighted by Gasteiger charge is 2.19. The van der Waals surface area contributed by atoms with Crippen molar-refractivity contribution in [1.82, 2.24) is 0 Å². The number of anilines is 1. The van der Waals surface area contributed by atoms with Gasteiger partial charge in [0, 0.05) is 9.26 Å². The molecule has 4 heteroatoms. The van der Waals surface area contributed by atoms with Gasteiger partial charge < -0.3 is 10.1 Å². The van der Waals surface area contributed by atoms with Crippen LogP contribution in [0.4, 0.5) is 5.69 Å². The molecule has 2 aromatic rings. The molecule has 1 N–H and O–H groups in total. The first-order chi connectivity index (χ1) is 10.1. The number of para-hydroxylation sites is 1. The Hall–Kier alpha value is -1.56. The zero-order valence-electron chi connectivity index (χ0n) is 12.1. The lowest BCUT2D eigenvalue weighted by Crippen LogP contribution is -2.32. The number of halogens is 1. The van der Waals surface area contributed by atoms with Gasteiger partial charge in [-0.2, -0.15) is 0 Å². The second kappa shape index (κ2) is 7.45. The maximum atomic E-state index is 12.3. The van der Waals surface area contributed by atoms with Gasteiger partial charge in [-0.3, -0.25) is 4.79 Å². The van der Waals surface area contributed by atoms with Crippen LogP contribution in [0.25, 0.3) is 0 Å². The summed E-state index contributed by atoms with van der Waals surface area (Å²) in [6.45, 7) is 3.91. The van der Waals surface area contributed by atoms with Gasteiger partial charge in [-0.05, 0) is 71.8 Å². The molecule has 0 aliphatic heterocycles. The van der Waals surface area contributed by atoms with E-state index in [2.05, 4.69) is 27.9 Å². The summed E-state index contributed by atoms with van der Waals surface area (Å²) in [6, 6.07) is 15.4. The molecule has 0 unspecified atom stereocenters. The lowest BCUT2D eigenvalue weighted by Gasteiger charge is -2.18. The molecule has 1 atom stereocenters. The Morgan fingerprint density at radius 1 is 1.19 bits per heavy atom. The topological polar surface area (TPSA) is 38.3 Å². The molecule has 0 fully saturated rings. The van der Waals surface area contributed by atoms with E-state index in [-0.39, 0.29) is 5.91 Å². The van der Waals surface area contributed by atoms with Crippen LogP contribution in [-0.2, 0) is 4.79 Å². The van der Waals surface area contributed by atoms with Gasteiger partial charge in [-0.15, -0.1) is 0 Å². The summed E-state index contributed by atoms with van der Waals surface area (Å²) in [4.78, 5) is 12.3. The first-order valence-corrected chi connectivity index (χ1v) is 7.96. The molecule has 1 amide bonds. The van der Waals surface area contributed by atoms with E-state index < -0.39 is 6.10 Å². The van der Waals surface area contributed by atoms with Crippen LogP contribution in [0.15, 0.2) is 48.5 Å². The molecule has 0 saturated carbocycles. The Kier molecular flexibility index (Phi) is 5.61. The van der Waals surface area contributed by atoms with Gasteiger partial charge in [0.2, 0.25) is 0 Å². The average Bonchev–Trinajstić information content (AvgIpc) is 2.48. The molecule has 0 aromatic heterocycles. The zero-order chi connectivity index (χ0) is 15.2. The summed E-state index contributed by atoms with van der Waals surface area (Å²) in [6.07, 6.45) is 0.121. The summed E-state index contributed by atoms with van der Waals surface area (Å²) in [7, 11) is 0. The number of nitrogens with one attached hydrogen (secondary N) is 1. The largest absolute Gasteiger partial charge is 0.480 e. The standard InChI is InChI=1S/C17H18INO2/c1-3-15(21-16-7-5-4-6-12(16)2)17(20)19-14-10-8-13(18)9-11-14/h4-11,15H,3H2,1-2H3,(H,19,20)/t15-/m0/s1. The van der Waals surface area contributed by atoms with Gasteiger partial charge >= 0.3 is 0 Å². The number of hydrogen-bond donors (Lipinski definition) is 1. The van der Waals surface area contributed by atoms with Gasteiger partial charge in [0.15, 0.2) is 6.10 Å². The third-order valence-corrected chi connectivity index (χ3v) is 3.86. The van der Waals surface area contributed by atoms with Crippen molar-refractivity contribution in [2.45, 2.75) is 26.4 Å². The quantitative estimate of drug-likeness (QED) is 0.763. The highest BCUT2D eigenvalue weighted by atomic mass is 127. The van der Waals surface area contributed by atoms with Crippen molar-refractivity contribution < 1.29 is 9.53 Å². The van der Waals surface area contributed by atoms with Crippen LogP contribution in [0.5, 0.6) is 5.75 Å². The summed E-state index contributed by atoms with van der Waals surface area (Å²) in [5.41, 5.74) is 1.81. The average molecular weight is 395 g/mol. The number of rotatable bonds is 5. The molecule has 0 aliphatic rings. The Morgan fingerprint density at radius 3 is 2.48 bits per heavy atom. The van der Waals surface area contributed by atoms with Crippen molar-refractivity contribution >= 4 is 34.2 Å². The van der Waals surface area contributed by atoms with Crippen molar-refractivity contribution in [2.75, 3.05) is 5.32 Å². The lowest BCUT2D eigenvalue weighted by molar-refractivity contribution is -0.122. The SMILES string of the molecule is CC[C@H](Oc1ccccc1C)C(=O)Nc1ccc(I)cc1. The fourth-order valence-corrected chi connectivity index (χ4v) is 2.28. The minimum absolute atomic E-state index is 0.123. The van der Waals surface area contributed by atoms with E-state index in [4.69, 9.17) is 4.74 Å². The van der Waals surface area contributed by atoms with Crippen LogP contribution in [0, 0.1) is 10.5 Å². The summed E-state index contributed by atoms with van der Waals surface area (Å²) < 4.78 is 6.97. The lowest BCUT2D eigenvalue weighted by atomic mass is 10.2. The Bertz CT molecular complexity index is 610. The van der Waals surface area contributed by atoms with Crippen molar-refractivity contribution in [3.8, 4) is 5.75 Å². The minimum atomic E-state index is -0.495. The van der Waals surface area contributed by atoms with Crippen LogP contribution < -0.4 is 10.1 Å². The van der Waals surface area contributed by atoms with E-state index in [1.165, 1.54) is 0 Å². The molecule has 21 heavy (non-hydrogen) atoms. The molecule has 0 bridgehead atoms. The normalized spacial score (nSPS) is 11.8. The zero-order valence-corrected chi connectivity index (χ0v) is 14.3. The molecular weight excluding hydrogens is 377 g/mol. The van der Waals surface area contributed by atoms with Gasteiger partial charge in [0.1, 0.15) is 5.75 Å². The maximum absolute atomic E-state index is 12.3. The number of aryl methyl sites for hydroxylation is 1. The van der Waals surface area contributed by atoms with E-state index in [0.29, 0.717) is 6.42 Å². The van der Waals surface area contributed by atoms with Crippen LogP contribution in [-0.4, -0.2) is 12.0 Å². The fraction of sp³-hybridized carbons (Fsp3) is 0.235. The molecule has 0 radical (unpaired) electrons. The molecule has 0 spiro atoms. The molecule has 0 heterocycles. The van der Waals surface area contributed by atoms with Crippen molar-refractivity contribution in [1.29, 1.82) is 0 Å². The minimum Gasteiger partial charge on any atom is -0.480 e. The van der Waals surface area contributed by atoms with Crippen molar-refractivity contribution in [3.63, 3.8) is 0 Å². The van der Waals surface area contributed by atoms with E-state index >= 15 is 0 Å². The Morgan fingerprint density at radius 2 is 1.86 bits per heavy atom. The molecule has 3 nitrogen and oxygen atoms in total. The molecule has 2 aromatic carbocycles. The van der Waals surface area contributed by atoms with Crippen LogP contribution >= 0.6 is 22.6 Å². The van der Waals surface area contributed by atoms with Crippen LogP contribution in [0.3, 0.4) is 0 Å². The summed E-state index contributed by atoms with van der Waals surface area (Å²) >= 11 is 2.23. The third-order valence-electron chi connectivity index (χ3n) is 3.14. The van der Waals surface area contributed by atoms with Crippen LogP contribution in [0.2, 0.25) is 0 Å². The number of benzene rings is 2. The predicted molar refractivity (Wildman–Crippen MR) is 93.7 cm³/mol. The van der Waals surface area contributed by atoms with E-state index in [1.807, 2.05) is 62.4 Å². The first kappa shape index (κ1) is 15.8. The second-order valence-corrected chi connectivity index (χ2v) is 6.02. The molecule has 110 valence electrons. The maximum Gasteiger partial charge on any atom is 0.265 e. The number of ether oxygens (including phenoxy) is 1. The van der Waals surface area contributed by atoms with E-state index in [1.54, 1.807) is 0 Å². The smallest absolute Gasteiger partial charge is 0.265 e. The Balaban J connectivity index is 2.05. The molecular formula is C17H18INO2. The fourth-order valence-electron chi connectivity index (χ4n) is 1.92. The second-order valence-electron chi connectivity index (χ2n) is 4.78. The highest BCUT2D eigenvalue weighted by molar-refractivity contribution is 14.1. The predicted octanol–water partition coefficient (Wildman–Crippen LogP) is 4.40. The molecule has 0 aliphatic carbocycles. The van der Waals surface area contributed by atoms with Crippen molar-refractivity contribution in [3.05, 3.63) is 57.7 Å². The van der Waals surface area contributed by atoms with Crippen LogP contribution in [0.1, 0.15) is 18.9 Å². The number of amides is 1. The van der Waals surface area contributed by atoms with E-state index in [9.17, 15) is 4.79 Å².